The Labute approximate surface area is 119 Å². The Bertz CT molecular complexity index is 459. The zero-order chi connectivity index (χ0) is 13.7. The summed E-state index contributed by atoms with van der Waals surface area (Å²) in [4.78, 5) is 0. The molecule has 0 spiro atoms. The van der Waals surface area contributed by atoms with Gasteiger partial charge in [-0.15, -0.1) is 0 Å². The molecule has 3 N–H and O–H groups in total. The molecule has 1 aliphatic rings. The van der Waals surface area contributed by atoms with Crippen LogP contribution in [0.25, 0.3) is 0 Å². The number of rotatable bonds is 4. The Morgan fingerprint density at radius 2 is 2.05 bits per heavy atom. The molecule has 0 bridgehead atoms. The average Bonchev–Trinajstić information content (AvgIpc) is 2.40. The second-order valence-corrected chi connectivity index (χ2v) is 5.85. The molecule has 1 aromatic rings. The van der Waals surface area contributed by atoms with Gasteiger partial charge in [0.05, 0.1) is 12.5 Å². The normalized spacial score (nSPS) is 26.9. The van der Waals surface area contributed by atoms with E-state index < -0.39 is 0 Å². The van der Waals surface area contributed by atoms with Crippen molar-refractivity contribution in [3.63, 3.8) is 0 Å². The fourth-order valence-corrected chi connectivity index (χ4v) is 2.83. The van der Waals surface area contributed by atoms with Gasteiger partial charge in [-0.2, -0.15) is 5.26 Å². The third-order valence-corrected chi connectivity index (χ3v) is 4.32. The van der Waals surface area contributed by atoms with Gasteiger partial charge >= 0.3 is 0 Å². The molecule has 0 unspecified atom stereocenters. The van der Waals surface area contributed by atoms with Gasteiger partial charge in [-0.05, 0) is 37.3 Å². The Morgan fingerprint density at radius 1 is 1.37 bits per heavy atom. The third-order valence-electron chi connectivity index (χ3n) is 3.95. The van der Waals surface area contributed by atoms with E-state index in [1.165, 1.54) is 0 Å². The number of halogens is 1. The minimum atomic E-state index is -0.267. The van der Waals surface area contributed by atoms with Crippen molar-refractivity contribution >= 4 is 11.6 Å². The average molecular weight is 278 g/mol. The minimum Gasteiger partial charge on any atom is -0.324 e. The van der Waals surface area contributed by atoms with Crippen molar-refractivity contribution in [2.24, 2.45) is 5.73 Å². The van der Waals surface area contributed by atoms with Crippen LogP contribution in [-0.4, -0.2) is 11.6 Å². The summed E-state index contributed by atoms with van der Waals surface area (Å²) in [7, 11) is 0. The molecule has 3 nitrogen and oxygen atoms in total. The molecule has 1 aromatic carbocycles. The molecule has 4 heteroatoms. The van der Waals surface area contributed by atoms with Crippen molar-refractivity contribution in [2.75, 3.05) is 0 Å². The van der Waals surface area contributed by atoms with Crippen molar-refractivity contribution in [3.8, 4) is 6.07 Å². The summed E-state index contributed by atoms with van der Waals surface area (Å²) in [5.74, 6) is 0. The van der Waals surface area contributed by atoms with Gasteiger partial charge in [0, 0.05) is 23.1 Å². The molecule has 0 aliphatic heterocycles. The monoisotopic (exact) mass is 277 g/mol. The van der Waals surface area contributed by atoms with Crippen LogP contribution < -0.4 is 11.1 Å². The summed E-state index contributed by atoms with van der Waals surface area (Å²) in [5, 5.41) is 13.1. The Kier molecular flexibility index (Phi) is 4.81. The molecule has 0 radical (unpaired) electrons. The third kappa shape index (κ3) is 3.94. The number of nitrogens with one attached hydrogen (secondary N) is 1. The van der Waals surface area contributed by atoms with Gasteiger partial charge in [0.2, 0.25) is 0 Å². The van der Waals surface area contributed by atoms with E-state index in [9.17, 15) is 0 Å². The van der Waals surface area contributed by atoms with Crippen molar-refractivity contribution in [1.29, 1.82) is 5.26 Å². The van der Waals surface area contributed by atoms with Crippen LogP contribution in [0.5, 0.6) is 0 Å². The highest BCUT2D eigenvalue weighted by atomic mass is 35.5. The predicted octanol–water partition coefficient (Wildman–Crippen LogP) is 2.98. The first kappa shape index (κ1) is 14.3. The summed E-state index contributed by atoms with van der Waals surface area (Å²) in [6, 6.07) is 10.6. The van der Waals surface area contributed by atoms with Crippen LogP contribution >= 0.6 is 11.6 Å². The topological polar surface area (TPSA) is 61.8 Å². The van der Waals surface area contributed by atoms with E-state index in [-0.39, 0.29) is 5.54 Å². The van der Waals surface area contributed by atoms with Gasteiger partial charge in [0.25, 0.3) is 0 Å². The molecule has 1 aliphatic carbocycles. The highest BCUT2D eigenvalue weighted by Gasteiger charge is 2.31. The first-order valence-electron chi connectivity index (χ1n) is 6.76. The summed E-state index contributed by atoms with van der Waals surface area (Å²) < 4.78 is 0. The molecule has 102 valence electrons. The fraction of sp³-hybridized carbons (Fsp3) is 0.533. The van der Waals surface area contributed by atoms with Crippen molar-refractivity contribution in [3.05, 3.63) is 34.9 Å². The molecule has 0 saturated heterocycles. The van der Waals surface area contributed by atoms with Crippen LogP contribution in [0.2, 0.25) is 5.02 Å². The van der Waals surface area contributed by atoms with Crippen LogP contribution in [-0.2, 0) is 6.54 Å². The number of benzene rings is 1. The number of nitriles is 1. The maximum absolute atomic E-state index is 8.77. The smallest absolute Gasteiger partial charge is 0.0641 e. The largest absolute Gasteiger partial charge is 0.324 e. The summed E-state index contributed by atoms with van der Waals surface area (Å²) in [6.07, 6.45) is 4.36. The van der Waals surface area contributed by atoms with Crippen molar-refractivity contribution in [1.82, 2.24) is 5.32 Å². The number of hydrogen-bond donors (Lipinski definition) is 2. The second-order valence-electron chi connectivity index (χ2n) is 5.44. The van der Waals surface area contributed by atoms with Crippen molar-refractivity contribution < 1.29 is 0 Å². The molecule has 0 heterocycles. The predicted molar refractivity (Wildman–Crippen MR) is 77.7 cm³/mol. The standard InChI is InChI=1S/C15H20ClN3/c16-14-4-2-1-3-12(14)11-19-13-5-7-15(18,8-6-13)9-10-17/h1-4,13,19H,5-9,11,18H2. The molecular formula is C15H20ClN3. The summed E-state index contributed by atoms with van der Waals surface area (Å²) in [5.41, 5.74) is 7.06. The molecule has 0 atom stereocenters. The lowest BCUT2D eigenvalue weighted by Crippen LogP contribution is -2.46. The first-order chi connectivity index (χ1) is 9.13. The van der Waals surface area contributed by atoms with E-state index in [1.54, 1.807) is 0 Å². The lowest BCUT2D eigenvalue weighted by molar-refractivity contribution is 0.252. The van der Waals surface area contributed by atoms with Crippen LogP contribution in [0.1, 0.15) is 37.7 Å². The van der Waals surface area contributed by atoms with Crippen molar-refractivity contribution in [2.45, 2.75) is 50.2 Å². The van der Waals surface area contributed by atoms with Gasteiger partial charge in [0.15, 0.2) is 0 Å². The maximum atomic E-state index is 8.77. The lowest BCUT2D eigenvalue weighted by atomic mass is 9.78. The Balaban J connectivity index is 1.81. The lowest BCUT2D eigenvalue weighted by Gasteiger charge is -2.36. The molecule has 0 amide bonds. The van der Waals surface area contributed by atoms with E-state index in [1.807, 2.05) is 24.3 Å². The second kappa shape index (κ2) is 6.38. The van der Waals surface area contributed by atoms with Crippen LogP contribution in [0.15, 0.2) is 24.3 Å². The Morgan fingerprint density at radius 3 is 2.68 bits per heavy atom. The minimum absolute atomic E-state index is 0.267. The SMILES string of the molecule is N#CCC1(N)CCC(NCc2ccccc2Cl)CC1. The van der Waals surface area contributed by atoms with E-state index >= 15 is 0 Å². The number of nitrogens with zero attached hydrogens (tertiary/aromatic N) is 1. The molecule has 1 saturated carbocycles. The maximum Gasteiger partial charge on any atom is 0.0641 e. The Hall–Kier alpha value is -1.08. The van der Waals surface area contributed by atoms with E-state index in [4.69, 9.17) is 22.6 Å². The van der Waals surface area contributed by atoms with E-state index in [0.717, 1.165) is 42.8 Å². The molecule has 1 fully saturated rings. The van der Waals surface area contributed by atoms with Gasteiger partial charge in [-0.3, -0.25) is 0 Å². The zero-order valence-corrected chi connectivity index (χ0v) is 11.8. The van der Waals surface area contributed by atoms with Crippen LogP contribution in [0, 0.1) is 11.3 Å². The molecule has 2 rings (SSSR count). The highest BCUT2D eigenvalue weighted by Crippen LogP contribution is 2.29. The first-order valence-corrected chi connectivity index (χ1v) is 7.13. The fourth-order valence-electron chi connectivity index (χ4n) is 2.63. The number of hydrogen-bond acceptors (Lipinski definition) is 3. The molecule has 0 aromatic heterocycles. The van der Waals surface area contributed by atoms with E-state index in [0.29, 0.717) is 12.5 Å². The van der Waals surface area contributed by atoms with E-state index in [2.05, 4.69) is 11.4 Å². The van der Waals surface area contributed by atoms with Gasteiger partial charge < -0.3 is 11.1 Å². The van der Waals surface area contributed by atoms with Gasteiger partial charge in [-0.25, -0.2) is 0 Å². The van der Waals surface area contributed by atoms with Crippen LogP contribution in [0.3, 0.4) is 0 Å². The van der Waals surface area contributed by atoms with Crippen LogP contribution in [0.4, 0.5) is 0 Å². The summed E-state index contributed by atoms with van der Waals surface area (Å²) in [6.45, 7) is 0.792. The zero-order valence-electron chi connectivity index (χ0n) is 11.0. The quantitative estimate of drug-likeness (QED) is 0.889. The van der Waals surface area contributed by atoms with Gasteiger partial charge in [0.1, 0.15) is 0 Å². The highest BCUT2D eigenvalue weighted by molar-refractivity contribution is 6.31. The number of nitrogens with two attached hydrogens (primary N) is 1. The van der Waals surface area contributed by atoms with Gasteiger partial charge in [-0.1, -0.05) is 29.8 Å². The molecular weight excluding hydrogens is 258 g/mol. The summed E-state index contributed by atoms with van der Waals surface area (Å²) >= 11 is 6.13. The molecule has 19 heavy (non-hydrogen) atoms.